The summed E-state index contributed by atoms with van der Waals surface area (Å²) >= 11 is 6.19. The number of imidazole rings is 1. The van der Waals surface area contributed by atoms with Gasteiger partial charge in [-0.05, 0) is 24.5 Å². The van der Waals surface area contributed by atoms with Crippen molar-refractivity contribution in [1.29, 1.82) is 0 Å². The number of nitrogens with zero attached hydrogens (tertiary/aromatic N) is 5. The molecule has 1 N–H and O–H groups in total. The summed E-state index contributed by atoms with van der Waals surface area (Å²) in [5, 5.41) is 8.64. The molecule has 0 fully saturated rings. The van der Waals surface area contributed by atoms with Gasteiger partial charge in [0.1, 0.15) is 10.7 Å². The van der Waals surface area contributed by atoms with E-state index in [1.807, 2.05) is 24.9 Å². The summed E-state index contributed by atoms with van der Waals surface area (Å²) in [5.41, 5.74) is 4.62. The minimum Gasteiger partial charge on any atom is -0.337 e. The molecule has 0 aliphatic carbocycles. The first-order valence-corrected chi connectivity index (χ1v) is 9.77. The third-order valence-electron chi connectivity index (χ3n) is 4.99. The highest BCUT2D eigenvalue weighted by molar-refractivity contribution is 6.34. The average Bonchev–Trinajstić information content (AvgIpc) is 3.34. The lowest BCUT2D eigenvalue weighted by Gasteiger charge is -2.23. The summed E-state index contributed by atoms with van der Waals surface area (Å²) in [6, 6.07) is 8.54. The third kappa shape index (κ3) is 4.24. The Morgan fingerprint density at radius 1 is 1.11 bits per heavy atom. The highest BCUT2D eigenvalue weighted by Gasteiger charge is 2.14. The van der Waals surface area contributed by atoms with E-state index in [0.717, 1.165) is 49.1 Å². The number of aromatic nitrogens is 5. The number of H-pyrrole nitrogens is 1. The van der Waals surface area contributed by atoms with E-state index in [1.54, 1.807) is 6.20 Å². The van der Waals surface area contributed by atoms with Gasteiger partial charge in [-0.2, -0.15) is 5.10 Å². The first-order valence-electron chi connectivity index (χ1n) is 9.40. The largest absolute Gasteiger partial charge is 0.337 e. The zero-order chi connectivity index (χ0) is 19.3. The van der Waals surface area contributed by atoms with Crippen molar-refractivity contribution in [3.8, 4) is 0 Å². The zero-order valence-corrected chi connectivity index (χ0v) is 16.6. The average molecular weight is 395 g/mol. The molecule has 3 aromatic heterocycles. The van der Waals surface area contributed by atoms with Gasteiger partial charge in [-0.1, -0.05) is 35.9 Å². The van der Waals surface area contributed by atoms with Crippen molar-refractivity contribution in [2.75, 3.05) is 6.54 Å². The Kier molecular flexibility index (Phi) is 5.69. The van der Waals surface area contributed by atoms with Gasteiger partial charge in [0.2, 0.25) is 0 Å². The number of hydrogen-bond acceptors (Lipinski definition) is 4. The Morgan fingerprint density at radius 2 is 1.96 bits per heavy atom. The van der Waals surface area contributed by atoms with Crippen LogP contribution in [0.2, 0.25) is 5.15 Å². The molecule has 0 saturated heterocycles. The van der Waals surface area contributed by atoms with Crippen LogP contribution in [0.1, 0.15) is 23.1 Å². The van der Waals surface area contributed by atoms with Crippen LogP contribution < -0.4 is 0 Å². The number of hydrogen-bond donors (Lipinski definition) is 1. The molecule has 4 aromatic rings. The van der Waals surface area contributed by atoms with E-state index >= 15 is 0 Å². The Labute approximate surface area is 169 Å². The lowest BCUT2D eigenvalue weighted by molar-refractivity contribution is 0.248. The normalized spacial score (nSPS) is 11.5. The zero-order valence-electron chi connectivity index (χ0n) is 15.8. The highest BCUT2D eigenvalue weighted by Crippen LogP contribution is 2.23. The smallest absolute Gasteiger partial charge is 0.133 e. The maximum absolute atomic E-state index is 6.19. The summed E-state index contributed by atoms with van der Waals surface area (Å²) in [7, 11) is 0. The molecule has 6 nitrogen and oxygen atoms in total. The van der Waals surface area contributed by atoms with Gasteiger partial charge in [-0.15, -0.1) is 0 Å². The molecular formula is C21H23ClN6. The molecule has 0 aliphatic rings. The number of nitrogens with one attached hydrogen (secondary N) is 1. The quantitative estimate of drug-likeness (QED) is 0.486. The second kappa shape index (κ2) is 8.54. The van der Waals surface area contributed by atoms with Gasteiger partial charge in [0, 0.05) is 56.5 Å². The highest BCUT2D eigenvalue weighted by atomic mass is 35.5. The maximum atomic E-state index is 6.19. The molecule has 3 heterocycles. The molecule has 0 spiro atoms. The van der Waals surface area contributed by atoms with Crippen LogP contribution in [-0.2, 0) is 19.6 Å². The van der Waals surface area contributed by atoms with Gasteiger partial charge in [0.15, 0.2) is 0 Å². The third-order valence-corrected chi connectivity index (χ3v) is 5.28. The molecule has 1 aromatic carbocycles. The van der Waals surface area contributed by atoms with Crippen LogP contribution in [0.15, 0.2) is 55.4 Å². The fourth-order valence-corrected chi connectivity index (χ4v) is 3.63. The molecule has 0 amide bonds. The first kappa shape index (κ1) is 18.7. The van der Waals surface area contributed by atoms with Crippen LogP contribution in [0.3, 0.4) is 0 Å². The molecular weight excluding hydrogens is 372 g/mol. The first-order chi connectivity index (χ1) is 13.7. The van der Waals surface area contributed by atoms with E-state index < -0.39 is 0 Å². The SMILES string of the molecule is Cc1ccccc1CN(CCCn1ccnc1)Cc1cncc2c(Cl)[nH]nc12. The lowest BCUT2D eigenvalue weighted by Crippen LogP contribution is -2.25. The van der Waals surface area contributed by atoms with E-state index in [9.17, 15) is 0 Å². The van der Waals surface area contributed by atoms with Crippen molar-refractivity contribution >= 4 is 22.5 Å². The second-order valence-electron chi connectivity index (χ2n) is 7.02. The molecule has 0 bridgehead atoms. The summed E-state index contributed by atoms with van der Waals surface area (Å²) in [5.74, 6) is 0. The molecule has 4 rings (SSSR count). The fraction of sp³-hybridized carbons (Fsp3) is 0.286. The summed E-state index contributed by atoms with van der Waals surface area (Å²) in [4.78, 5) is 10.9. The van der Waals surface area contributed by atoms with Crippen molar-refractivity contribution in [1.82, 2.24) is 29.6 Å². The number of benzene rings is 1. The van der Waals surface area contributed by atoms with Crippen molar-refractivity contribution < 1.29 is 0 Å². The lowest BCUT2D eigenvalue weighted by atomic mass is 10.1. The van der Waals surface area contributed by atoms with Gasteiger partial charge in [-0.25, -0.2) is 4.98 Å². The molecule has 28 heavy (non-hydrogen) atoms. The van der Waals surface area contributed by atoms with Crippen molar-refractivity contribution in [3.63, 3.8) is 0 Å². The molecule has 7 heteroatoms. The van der Waals surface area contributed by atoms with Crippen LogP contribution in [0, 0.1) is 6.92 Å². The monoisotopic (exact) mass is 394 g/mol. The molecule has 0 aliphatic heterocycles. The van der Waals surface area contributed by atoms with Crippen molar-refractivity contribution in [2.45, 2.75) is 33.0 Å². The Hall–Kier alpha value is -2.70. The standard InChI is InChI=1S/C21H23ClN6/c1-16-5-2-3-6-17(16)13-28(9-4-8-27-10-7-23-15-27)14-18-11-24-12-19-20(18)25-26-21(19)22/h2-3,5-7,10-12,15H,4,8-9,13-14H2,1H3,(H,25,26). The molecule has 0 radical (unpaired) electrons. The minimum atomic E-state index is 0.537. The number of aryl methyl sites for hydroxylation is 2. The minimum absolute atomic E-state index is 0.537. The van der Waals surface area contributed by atoms with Gasteiger partial charge in [0.25, 0.3) is 0 Å². The van der Waals surface area contributed by atoms with E-state index in [-0.39, 0.29) is 0 Å². The van der Waals surface area contributed by atoms with Gasteiger partial charge >= 0.3 is 0 Å². The molecule has 144 valence electrons. The fourth-order valence-electron chi connectivity index (χ4n) is 3.45. The number of rotatable bonds is 8. The number of pyridine rings is 1. The van der Waals surface area contributed by atoms with Crippen molar-refractivity contribution in [3.05, 3.63) is 77.2 Å². The summed E-state index contributed by atoms with van der Waals surface area (Å²) < 4.78 is 2.11. The van der Waals surface area contributed by atoms with Crippen LogP contribution in [0.25, 0.3) is 10.9 Å². The predicted octanol–water partition coefficient (Wildman–Crippen LogP) is 4.21. The van der Waals surface area contributed by atoms with Crippen molar-refractivity contribution in [2.24, 2.45) is 0 Å². The van der Waals surface area contributed by atoms with Gasteiger partial charge < -0.3 is 4.57 Å². The van der Waals surface area contributed by atoms with Crippen LogP contribution >= 0.6 is 11.6 Å². The molecule has 0 unspecified atom stereocenters. The Morgan fingerprint density at radius 3 is 2.79 bits per heavy atom. The second-order valence-corrected chi connectivity index (χ2v) is 7.40. The van der Waals surface area contributed by atoms with E-state index in [1.165, 1.54) is 11.1 Å². The van der Waals surface area contributed by atoms with Gasteiger partial charge in [0.05, 0.1) is 11.7 Å². The maximum Gasteiger partial charge on any atom is 0.133 e. The Balaban J connectivity index is 1.53. The van der Waals surface area contributed by atoms with Crippen LogP contribution in [-0.4, -0.2) is 36.2 Å². The topological polar surface area (TPSA) is 62.6 Å². The van der Waals surface area contributed by atoms with E-state index in [0.29, 0.717) is 5.15 Å². The number of aromatic amines is 1. The van der Waals surface area contributed by atoms with Crippen LogP contribution in [0.5, 0.6) is 0 Å². The molecule has 0 atom stereocenters. The summed E-state index contributed by atoms with van der Waals surface area (Å²) in [6.45, 7) is 5.71. The van der Waals surface area contributed by atoms with Crippen LogP contribution in [0.4, 0.5) is 0 Å². The predicted molar refractivity (Wildman–Crippen MR) is 111 cm³/mol. The summed E-state index contributed by atoms with van der Waals surface area (Å²) in [6.07, 6.45) is 10.4. The Bertz CT molecular complexity index is 1040. The number of fused-ring (bicyclic) bond motifs is 1. The van der Waals surface area contributed by atoms with Gasteiger partial charge in [-0.3, -0.25) is 15.0 Å². The number of halogens is 1. The van der Waals surface area contributed by atoms with E-state index in [4.69, 9.17) is 11.6 Å². The van der Waals surface area contributed by atoms with E-state index in [2.05, 4.69) is 60.8 Å². The molecule has 0 saturated carbocycles.